The van der Waals surface area contributed by atoms with E-state index in [0.717, 1.165) is 26.6 Å². The van der Waals surface area contributed by atoms with Crippen molar-refractivity contribution >= 4 is 27.0 Å². The maximum Gasteiger partial charge on any atom is 0.333 e. The standard InChI is InChI=1S/C28H24BrN3O3/c1-2-31-26-22(29)14-9-15-23(26)32(28(31)33)24-16-17-25(34-18-20-10-5-3-6-11-20)30-27(24)35-19-21-12-7-4-8-13-21/h3-17H,2,18-19H2,1H3. The molecule has 176 valence electrons. The SMILES string of the molecule is CCn1c(=O)n(-c2ccc(OCc3ccccc3)nc2OCc2ccccc2)c2cccc(Br)c21. The summed E-state index contributed by atoms with van der Waals surface area (Å²) in [7, 11) is 0. The van der Waals surface area contributed by atoms with Crippen LogP contribution in [0.25, 0.3) is 16.7 Å². The maximum atomic E-state index is 13.5. The molecule has 2 heterocycles. The molecule has 0 aliphatic heterocycles. The van der Waals surface area contributed by atoms with Gasteiger partial charge < -0.3 is 9.47 Å². The van der Waals surface area contributed by atoms with Gasteiger partial charge in [-0.15, -0.1) is 0 Å². The number of hydrogen-bond acceptors (Lipinski definition) is 4. The molecule has 0 N–H and O–H groups in total. The maximum absolute atomic E-state index is 13.5. The smallest absolute Gasteiger partial charge is 0.333 e. The van der Waals surface area contributed by atoms with Gasteiger partial charge >= 0.3 is 5.69 Å². The summed E-state index contributed by atoms with van der Waals surface area (Å²) in [6, 6.07) is 29.1. The number of imidazole rings is 1. The number of aromatic nitrogens is 3. The molecule has 5 aromatic rings. The molecule has 2 aromatic heterocycles. The molecule has 0 aliphatic rings. The number of rotatable bonds is 8. The summed E-state index contributed by atoms with van der Waals surface area (Å²) in [5, 5.41) is 0. The lowest BCUT2D eigenvalue weighted by Crippen LogP contribution is -2.23. The molecule has 6 nitrogen and oxygen atoms in total. The van der Waals surface area contributed by atoms with Crippen LogP contribution in [-0.2, 0) is 19.8 Å². The van der Waals surface area contributed by atoms with Gasteiger partial charge in [0.05, 0.1) is 11.0 Å². The Bertz CT molecular complexity index is 1510. The number of halogens is 1. The van der Waals surface area contributed by atoms with E-state index in [4.69, 9.17) is 9.47 Å². The van der Waals surface area contributed by atoms with Crippen molar-refractivity contribution in [1.82, 2.24) is 14.1 Å². The van der Waals surface area contributed by atoms with E-state index in [0.29, 0.717) is 37.2 Å². The Kier molecular flexibility index (Phi) is 6.68. The van der Waals surface area contributed by atoms with E-state index in [-0.39, 0.29) is 5.69 Å². The molecule has 0 aliphatic carbocycles. The molecule has 0 amide bonds. The summed E-state index contributed by atoms with van der Waals surface area (Å²) in [4.78, 5) is 18.1. The number of fused-ring (bicyclic) bond motifs is 1. The quantitative estimate of drug-likeness (QED) is 0.242. The van der Waals surface area contributed by atoms with E-state index in [1.165, 1.54) is 0 Å². The van der Waals surface area contributed by atoms with Crippen LogP contribution in [-0.4, -0.2) is 14.1 Å². The number of hydrogen-bond donors (Lipinski definition) is 0. The average Bonchev–Trinajstić information content (AvgIpc) is 3.19. The molecule has 0 saturated heterocycles. The normalized spacial score (nSPS) is 11.0. The van der Waals surface area contributed by atoms with E-state index in [1.54, 1.807) is 15.2 Å². The van der Waals surface area contributed by atoms with Gasteiger partial charge in [-0.2, -0.15) is 4.98 Å². The molecule has 35 heavy (non-hydrogen) atoms. The molecule has 0 radical (unpaired) electrons. The van der Waals surface area contributed by atoms with Crippen LogP contribution in [0.15, 0.2) is 100 Å². The van der Waals surface area contributed by atoms with Gasteiger partial charge in [0, 0.05) is 17.1 Å². The summed E-state index contributed by atoms with van der Waals surface area (Å²) < 4.78 is 16.4. The molecule has 5 rings (SSSR count). The molecule has 3 aromatic carbocycles. The molecule has 0 saturated carbocycles. The van der Waals surface area contributed by atoms with E-state index >= 15 is 0 Å². The van der Waals surface area contributed by atoms with Crippen molar-refractivity contribution in [1.29, 1.82) is 0 Å². The molecular weight excluding hydrogens is 506 g/mol. The van der Waals surface area contributed by atoms with Gasteiger partial charge in [-0.1, -0.05) is 66.7 Å². The Morgan fingerprint density at radius 2 is 1.46 bits per heavy atom. The molecule has 0 fully saturated rings. The van der Waals surface area contributed by atoms with E-state index in [1.807, 2.05) is 91.9 Å². The zero-order valence-corrected chi connectivity index (χ0v) is 20.8. The first-order valence-corrected chi connectivity index (χ1v) is 12.2. The van der Waals surface area contributed by atoms with Crippen molar-refractivity contribution in [3.8, 4) is 17.4 Å². The van der Waals surface area contributed by atoms with E-state index in [2.05, 4.69) is 20.9 Å². The lowest BCUT2D eigenvalue weighted by molar-refractivity contribution is 0.267. The van der Waals surface area contributed by atoms with Crippen LogP contribution < -0.4 is 15.2 Å². The monoisotopic (exact) mass is 529 g/mol. The predicted octanol–water partition coefficient (Wildman–Crippen LogP) is 6.13. The van der Waals surface area contributed by atoms with Crippen molar-refractivity contribution in [2.24, 2.45) is 0 Å². The van der Waals surface area contributed by atoms with E-state index < -0.39 is 0 Å². The molecule has 0 spiro atoms. The van der Waals surface area contributed by atoms with Gasteiger partial charge in [0.15, 0.2) is 0 Å². The summed E-state index contributed by atoms with van der Waals surface area (Å²) in [5.41, 5.74) is 4.06. The van der Waals surface area contributed by atoms with Gasteiger partial charge in [0.25, 0.3) is 0 Å². The van der Waals surface area contributed by atoms with Crippen LogP contribution in [0.3, 0.4) is 0 Å². The Balaban J connectivity index is 1.58. The van der Waals surface area contributed by atoms with Crippen molar-refractivity contribution in [2.75, 3.05) is 0 Å². The van der Waals surface area contributed by atoms with Crippen molar-refractivity contribution in [2.45, 2.75) is 26.7 Å². The lowest BCUT2D eigenvalue weighted by Gasteiger charge is -2.14. The third-order valence-corrected chi connectivity index (χ3v) is 6.36. The third-order valence-electron chi connectivity index (χ3n) is 5.72. The molecule has 0 unspecified atom stereocenters. The van der Waals surface area contributed by atoms with Crippen molar-refractivity contribution < 1.29 is 9.47 Å². The van der Waals surface area contributed by atoms with Crippen LogP contribution in [0.2, 0.25) is 0 Å². The van der Waals surface area contributed by atoms with Crippen LogP contribution >= 0.6 is 15.9 Å². The fourth-order valence-electron chi connectivity index (χ4n) is 4.03. The Morgan fingerprint density at radius 3 is 2.11 bits per heavy atom. The minimum absolute atomic E-state index is 0.154. The highest BCUT2D eigenvalue weighted by Gasteiger charge is 2.20. The number of para-hydroxylation sites is 1. The number of nitrogens with zero attached hydrogens (tertiary/aromatic N) is 3. The predicted molar refractivity (Wildman–Crippen MR) is 140 cm³/mol. The first kappa shape index (κ1) is 22.9. The average molecular weight is 530 g/mol. The summed E-state index contributed by atoms with van der Waals surface area (Å²) in [5.74, 6) is 0.755. The van der Waals surface area contributed by atoms with Gasteiger partial charge in [0.2, 0.25) is 11.8 Å². The van der Waals surface area contributed by atoms with Crippen LogP contribution in [0.5, 0.6) is 11.8 Å². The van der Waals surface area contributed by atoms with Gasteiger partial charge in [-0.25, -0.2) is 4.79 Å². The number of ether oxygens (including phenoxy) is 2. The minimum atomic E-state index is -0.154. The Hall–Kier alpha value is -3.84. The Labute approximate surface area is 211 Å². The van der Waals surface area contributed by atoms with Gasteiger partial charge in [-0.05, 0) is 52.2 Å². The molecule has 0 atom stereocenters. The van der Waals surface area contributed by atoms with Gasteiger partial charge in [-0.3, -0.25) is 9.13 Å². The fraction of sp³-hybridized carbons (Fsp3) is 0.143. The zero-order valence-electron chi connectivity index (χ0n) is 19.2. The lowest BCUT2D eigenvalue weighted by atomic mass is 10.2. The third kappa shape index (κ3) is 4.72. The van der Waals surface area contributed by atoms with Crippen molar-refractivity contribution in [3.63, 3.8) is 0 Å². The summed E-state index contributed by atoms with van der Waals surface area (Å²) in [6.07, 6.45) is 0. The highest BCUT2D eigenvalue weighted by molar-refractivity contribution is 9.10. The van der Waals surface area contributed by atoms with Crippen LogP contribution in [0, 0.1) is 0 Å². The highest BCUT2D eigenvalue weighted by Crippen LogP contribution is 2.30. The summed E-state index contributed by atoms with van der Waals surface area (Å²) in [6.45, 7) is 3.19. The second-order valence-electron chi connectivity index (χ2n) is 7.99. The van der Waals surface area contributed by atoms with Crippen LogP contribution in [0.1, 0.15) is 18.1 Å². The fourth-order valence-corrected chi connectivity index (χ4v) is 4.60. The number of pyridine rings is 1. The molecule has 7 heteroatoms. The number of benzene rings is 3. The second kappa shape index (κ2) is 10.2. The zero-order chi connectivity index (χ0) is 24.2. The van der Waals surface area contributed by atoms with Gasteiger partial charge in [0.1, 0.15) is 18.9 Å². The largest absolute Gasteiger partial charge is 0.473 e. The number of aryl methyl sites for hydroxylation is 1. The van der Waals surface area contributed by atoms with E-state index in [9.17, 15) is 4.79 Å². The van der Waals surface area contributed by atoms with Crippen LogP contribution in [0.4, 0.5) is 0 Å². The Morgan fingerprint density at radius 1 is 0.800 bits per heavy atom. The molecule has 0 bridgehead atoms. The second-order valence-corrected chi connectivity index (χ2v) is 8.85. The first-order valence-electron chi connectivity index (χ1n) is 11.4. The highest BCUT2D eigenvalue weighted by atomic mass is 79.9. The topological polar surface area (TPSA) is 58.3 Å². The molecular formula is C28H24BrN3O3. The summed E-state index contributed by atoms with van der Waals surface area (Å²) >= 11 is 3.60. The minimum Gasteiger partial charge on any atom is -0.473 e. The first-order chi connectivity index (χ1) is 17.2. The van der Waals surface area contributed by atoms with Crippen molar-refractivity contribution in [3.05, 3.63) is 117 Å².